The molecule has 1 aromatic carbocycles. The van der Waals surface area contributed by atoms with Crippen molar-refractivity contribution >= 4 is 22.8 Å². The fourth-order valence-electron chi connectivity index (χ4n) is 2.73. The summed E-state index contributed by atoms with van der Waals surface area (Å²) >= 11 is 0. The first-order valence-corrected chi connectivity index (χ1v) is 6.42. The summed E-state index contributed by atoms with van der Waals surface area (Å²) in [6.07, 6.45) is 4.64. The molecule has 3 rings (SSSR count). The Morgan fingerprint density at radius 2 is 2.00 bits per heavy atom. The number of aromatic nitrogens is 1. The van der Waals surface area contributed by atoms with Gasteiger partial charge in [-0.25, -0.2) is 0 Å². The Morgan fingerprint density at radius 3 is 2.79 bits per heavy atom. The summed E-state index contributed by atoms with van der Waals surface area (Å²) in [7, 11) is 0. The number of aliphatic imine (C=N–C) groups is 1. The van der Waals surface area contributed by atoms with Gasteiger partial charge in [-0.2, -0.15) is 4.99 Å². The van der Waals surface area contributed by atoms with Gasteiger partial charge in [0.1, 0.15) is 0 Å². The van der Waals surface area contributed by atoms with Crippen molar-refractivity contribution < 1.29 is 4.79 Å². The van der Waals surface area contributed by atoms with Gasteiger partial charge in [-0.1, -0.05) is 6.07 Å². The van der Waals surface area contributed by atoms with E-state index in [1.165, 1.54) is 29.5 Å². The minimum Gasteiger partial charge on any atom is -0.370 e. The highest BCUT2D eigenvalue weighted by Gasteiger charge is 2.16. The van der Waals surface area contributed by atoms with Gasteiger partial charge in [0.15, 0.2) is 5.96 Å². The van der Waals surface area contributed by atoms with Crippen LogP contribution in [0.25, 0.3) is 10.9 Å². The van der Waals surface area contributed by atoms with Crippen LogP contribution >= 0.6 is 0 Å². The van der Waals surface area contributed by atoms with Crippen molar-refractivity contribution in [2.45, 2.75) is 25.7 Å². The third-order valence-corrected chi connectivity index (χ3v) is 3.58. The number of nitrogens with two attached hydrogens (primary N) is 2. The molecule has 0 bridgehead atoms. The SMILES string of the molecule is NC(N)=NC(=O)c1ccc2c3c([nH]c2c1)CCCC3. The Bertz CT molecular complexity index is 680. The van der Waals surface area contributed by atoms with Crippen LogP contribution in [0.4, 0.5) is 0 Å². The number of amides is 1. The van der Waals surface area contributed by atoms with Crippen molar-refractivity contribution in [2.75, 3.05) is 0 Å². The number of hydrogen-bond donors (Lipinski definition) is 3. The van der Waals surface area contributed by atoms with E-state index in [-0.39, 0.29) is 5.96 Å². The number of H-pyrrole nitrogens is 1. The van der Waals surface area contributed by atoms with E-state index in [9.17, 15) is 4.79 Å². The predicted octanol–water partition coefficient (Wildman–Crippen LogP) is 1.46. The quantitative estimate of drug-likeness (QED) is 0.532. The summed E-state index contributed by atoms with van der Waals surface area (Å²) in [6, 6.07) is 5.58. The van der Waals surface area contributed by atoms with Crippen LogP contribution in [0.5, 0.6) is 0 Å². The molecular weight excluding hydrogens is 240 g/mol. The van der Waals surface area contributed by atoms with E-state index < -0.39 is 5.91 Å². The molecule has 0 fully saturated rings. The Kier molecular flexibility index (Phi) is 2.74. The van der Waals surface area contributed by atoms with Gasteiger partial charge in [0.25, 0.3) is 5.91 Å². The van der Waals surface area contributed by atoms with Crippen LogP contribution in [-0.2, 0) is 12.8 Å². The van der Waals surface area contributed by atoms with Crippen molar-refractivity contribution in [3.05, 3.63) is 35.0 Å². The van der Waals surface area contributed by atoms with Crippen LogP contribution in [-0.4, -0.2) is 16.9 Å². The summed E-state index contributed by atoms with van der Waals surface area (Å²) in [4.78, 5) is 18.7. The van der Waals surface area contributed by atoms with Gasteiger partial charge in [-0.05, 0) is 43.4 Å². The summed E-state index contributed by atoms with van der Waals surface area (Å²) in [6.45, 7) is 0. The molecule has 0 unspecified atom stereocenters. The van der Waals surface area contributed by atoms with Gasteiger partial charge in [0.2, 0.25) is 0 Å². The lowest BCUT2D eigenvalue weighted by Crippen LogP contribution is -2.24. The fourth-order valence-corrected chi connectivity index (χ4v) is 2.73. The van der Waals surface area contributed by atoms with Crippen LogP contribution in [0.1, 0.15) is 34.5 Å². The zero-order valence-electron chi connectivity index (χ0n) is 10.6. The zero-order valence-corrected chi connectivity index (χ0v) is 10.6. The average Bonchev–Trinajstić information content (AvgIpc) is 2.75. The number of carbonyl (C=O) groups is 1. The minimum absolute atomic E-state index is 0.212. The number of benzene rings is 1. The van der Waals surface area contributed by atoms with E-state index in [4.69, 9.17) is 11.5 Å². The number of rotatable bonds is 1. The second kappa shape index (κ2) is 4.42. The highest BCUT2D eigenvalue weighted by molar-refractivity contribution is 6.04. The normalized spacial score (nSPS) is 14.1. The topological polar surface area (TPSA) is 97.3 Å². The first-order chi connectivity index (χ1) is 9.15. The molecule has 1 aliphatic rings. The molecule has 0 spiro atoms. The highest BCUT2D eigenvalue weighted by atomic mass is 16.1. The Morgan fingerprint density at radius 1 is 1.21 bits per heavy atom. The third-order valence-electron chi connectivity index (χ3n) is 3.58. The third kappa shape index (κ3) is 2.07. The van der Waals surface area contributed by atoms with Gasteiger partial charge in [0.05, 0.1) is 0 Å². The average molecular weight is 256 g/mol. The van der Waals surface area contributed by atoms with Gasteiger partial charge in [-0.15, -0.1) is 0 Å². The highest BCUT2D eigenvalue weighted by Crippen LogP contribution is 2.29. The molecule has 5 N–H and O–H groups in total. The largest absolute Gasteiger partial charge is 0.370 e. The zero-order chi connectivity index (χ0) is 13.4. The molecule has 19 heavy (non-hydrogen) atoms. The van der Waals surface area contributed by atoms with Crippen molar-refractivity contribution in [3.63, 3.8) is 0 Å². The summed E-state index contributed by atoms with van der Waals surface area (Å²) < 4.78 is 0. The Labute approximate surface area is 110 Å². The first kappa shape index (κ1) is 11.8. The van der Waals surface area contributed by atoms with Crippen molar-refractivity contribution in [1.29, 1.82) is 0 Å². The predicted molar refractivity (Wildman–Crippen MR) is 75.1 cm³/mol. The van der Waals surface area contributed by atoms with Crippen LogP contribution < -0.4 is 11.5 Å². The first-order valence-electron chi connectivity index (χ1n) is 6.42. The van der Waals surface area contributed by atoms with Gasteiger partial charge in [-0.3, -0.25) is 4.79 Å². The molecule has 0 aliphatic heterocycles. The van der Waals surface area contributed by atoms with E-state index in [2.05, 4.69) is 9.98 Å². The fraction of sp³-hybridized carbons (Fsp3) is 0.286. The van der Waals surface area contributed by atoms with Crippen LogP contribution in [0, 0.1) is 0 Å². The second-order valence-corrected chi connectivity index (χ2v) is 4.89. The second-order valence-electron chi connectivity index (χ2n) is 4.89. The maximum Gasteiger partial charge on any atom is 0.280 e. The summed E-state index contributed by atoms with van der Waals surface area (Å²) in [5.41, 5.74) is 14.6. The standard InChI is InChI=1S/C14H16N4O/c15-14(16)18-13(19)8-5-6-10-9-3-1-2-4-11(9)17-12(10)7-8/h5-7,17H,1-4H2,(H4,15,16,18,19). The monoisotopic (exact) mass is 256 g/mol. The lowest BCUT2D eigenvalue weighted by atomic mass is 9.95. The van der Waals surface area contributed by atoms with Crippen molar-refractivity contribution in [3.8, 4) is 0 Å². The van der Waals surface area contributed by atoms with Crippen LogP contribution in [0.2, 0.25) is 0 Å². The molecule has 0 saturated heterocycles. The number of fused-ring (bicyclic) bond motifs is 3. The van der Waals surface area contributed by atoms with Crippen LogP contribution in [0.15, 0.2) is 23.2 Å². The lowest BCUT2D eigenvalue weighted by Gasteiger charge is -2.10. The molecule has 1 aromatic heterocycles. The van der Waals surface area contributed by atoms with Crippen molar-refractivity contribution in [2.24, 2.45) is 16.5 Å². The Hall–Kier alpha value is -2.30. The molecule has 1 amide bonds. The van der Waals surface area contributed by atoms with E-state index in [0.717, 1.165) is 18.4 Å². The maximum atomic E-state index is 11.8. The maximum absolute atomic E-state index is 11.8. The molecule has 5 heteroatoms. The smallest absolute Gasteiger partial charge is 0.280 e. The van der Waals surface area contributed by atoms with Gasteiger partial charge >= 0.3 is 0 Å². The number of nitrogens with one attached hydrogen (secondary N) is 1. The molecule has 0 saturated carbocycles. The summed E-state index contributed by atoms with van der Waals surface area (Å²) in [5, 5.41) is 1.20. The minimum atomic E-state index is -0.408. The van der Waals surface area contributed by atoms with Crippen LogP contribution in [0.3, 0.4) is 0 Å². The Balaban J connectivity index is 2.07. The van der Waals surface area contributed by atoms with E-state index in [1.807, 2.05) is 12.1 Å². The lowest BCUT2D eigenvalue weighted by molar-refractivity contribution is 0.100. The number of aryl methyl sites for hydroxylation is 2. The molecule has 1 heterocycles. The van der Waals surface area contributed by atoms with Crippen molar-refractivity contribution in [1.82, 2.24) is 4.98 Å². The van der Waals surface area contributed by atoms with E-state index in [1.54, 1.807) is 6.07 Å². The number of hydrogen-bond acceptors (Lipinski definition) is 1. The number of guanidine groups is 1. The number of carbonyl (C=O) groups excluding carboxylic acids is 1. The molecule has 0 radical (unpaired) electrons. The van der Waals surface area contributed by atoms with E-state index >= 15 is 0 Å². The number of aromatic amines is 1. The molecular formula is C14H16N4O. The molecule has 5 nitrogen and oxygen atoms in total. The molecule has 2 aromatic rings. The number of nitrogens with zero attached hydrogens (tertiary/aromatic N) is 1. The molecule has 1 aliphatic carbocycles. The van der Waals surface area contributed by atoms with Gasteiger partial charge in [0, 0.05) is 22.2 Å². The molecule has 98 valence electrons. The van der Waals surface area contributed by atoms with E-state index in [0.29, 0.717) is 5.56 Å². The molecule has 0 atom stereocenters. The summed E-state index contributed by atoms with van der Waals surface area (Å²) in [5.74, 6) is -0.620. The van der Waals surface area contributed by atoms with Gasteiger partial charge < -0.3 is 16.5 Å².